The number of carbonyl (C=O) groups is 1. The van der Waals surface area contributed by atoms with Gasteiger partial charge >= 0.3 is 6.18 Å². The Bertz CT molecular complexity index is 237. The lowest BCUT2D eigenvalue weighted by Gasteiger charge is -2.34. The quantitative estimate of drug-likeness (QED) is 0.704. The van der Waals surface area contributed by atoms with Crippen LogP contribution in [-0.2, 0) is 4.79 Å². The van der Waals surface area contributed by atoms with Gasteiger partial charge in [-0.2, -0.15) is 13.2 Å². The van der Waals surface area contributed by atoms with E-state index in [1.54, 1.807) is 0 Å². The molecule has 5 heteroatoms. The summed E-state index contributed by atoms with van der Waals surface area (Å²) >= 11 is 0. The van der Waals surface area contributed by atoms with E-state index in [0.29, 0.717) is 12.3 Å². The minimum absolute atomic E-state index is 0.199. The van der Waals surface area contributed by atoms with E-state index in [1.807, 2.05) is 13.8 Å². The van der Waals surface area contributed by atoms with Crippen molar-refractivity contribution in [3.8, 4) is 0 Å². The van der Waals surface area contributed by atoms with Gasteiger partial charge in [0.1, 0.15) is 6.54 Å². The Kier molecular flexibility index (Phi) is 3.62. The van der Waals surface area contributed by atoms with E-state index in [9.17, 15) is 18.0 Å². The van der Waals surface area contributed by atoms with Crippen molar-refractivity contribution in [3.05, 3.63) is 0 Å². The molecule has 0 aromatic carbocycles. The highest BCUT2D eigenvalue weighted by Crippen LogP contribution is 2.26. The SMILES string of the molecule is CC(C)C1CCC(=O)N(CC(F)(F)F)C1. The first kappa shape index (κ1) is 12.3. The van der Waals surface area contributed by atoms with Crippen LogP contribution in [0.1, 0.15) is 26.7 Å². The highest BCUT2D eigenvalue weighted by molar-refractivity contribution is 5.77. The monoisotopic (exact) mass is 223 g/mol. The summed E-state index contributed by atoms with van der Waals surface area (Å²) in [7, 11) is 0. The molecule has 0 bridgehead atoms. The summed E-state index contributed by atoms with van der Waals surface area (Å²) in [6.07, 6.45) is -3.32. The van der Waals surface area contributed by atoms with Gasteiger partial charge in [0.15, 0.2) is 0 Å². The van der Waals surface area contributed by atoms with Gasteiger partial charge < -0.3 is 4.90 Å². The molecule has 88 valence electrons. The van der Waals surface area contributed by atoms with Gasteiger partial charge in [-0.3, -0.25) is 4.79 Å². The maximum atomic E-state index is 12.1. The van der Waals surface area contributed by atoms with Crippen molar-refractivity contribution >= 4 is 5.91 Å². The van der Waals surface area contributed by atoms with E-state index < -0.39 is 12.7 Å². The number of nitrogens with zero attached hydrogens (tertiary/aromatic N) is 1. The Morgan fingerprint density at radius 2 is 2.07 bits per heavy atom. The van der Waals surface area contributed by atoms with E-state index in [0.717, 1.165) is 4.90 Å². The fourth-order valence-corrected chi connectivity index (χ4v) is 1.86. The molecular weight excluding hydrogens is 207 g/mol. The third-order valence-corrected chi connectivity index (χ3v) is 2.85. The first-order chi connectivity index (χ1) is 6.79. The second-order valence-electron chi connectivity index (χ2n) is 4.43. The van der Waals surface area contributed by atoms with Gasteiger partial charge in [0, 0.05) is 13.0 Å². The van der Waals surface area contributed by atoms with Gasteiger partial charge in [0.25, 0.3) is 0 Å². The number of hydrogen-bond acceptors (Lipinski definition) is 1. The topological polar surface area (TPSA) is 20.3 Å². The van der Waals surface area contributed by atoms with Crippen LogP contribution in [0.2, 0.25) is 0 Å². The Morgan fingerprint density at radius 1 is 1.47 bits per heavy atom. The van der Waals surface area contributed by atoms with E-state index in [-0.39, 0.29) is 24.8 Å². The normalized spacial score (nSPS) is 23.7. The molecule has 0 saturated carbocycles. The molecule has 0 aromatic heterocycles. The summed E-state index contributed by atoms with van der Waals surface area (Å²) in [6, 6.07) is 0. The zero-order chi connectivity index (χ0) is 11.6. The molecule has 1 aliphatic rings. The molecular formula is C10H16F3NO. The Morgan fingerprint density at radius 3 is 2.53 bits per heavy atom. The van der Waals surface area contributed by atoms with Gasteiger partial charge in [0.2, 0.25) is 5.91 Å². The number of hydrogen-bond donors (Lipinski definition) is 0. The standard InChI is InChI=1S/C10H16F3NO/c1-7(2)8-3-4-9(15)14(5-8)6-10(11,12)13/h7-8H,3-6H2,1-2H3. The largest absolute Gasteiger partial charge is 0.406 e. The fourth-order valence-electron chi connectivity index (χ4n) is 1.86. The molecule has 1 amide bonds. The molecule has 15 heavy (non-hydrogen) atoms. The highest BCUT2D eigenvalue weighted by Gasteiger charge is 2.36. The van der Waals surface area contributed by atoms with Crippen molar-refractivity contribution in [2.45, 2.75) is 32.9 Å². The number of likely N-dealkylation sites (tertiary alicyclic amines) is 1. The molecule has 1 fully saturated rings. The zero-order valence-corrected chi connectivity index (χ0v) is 8.97. The molecule has 1 atom stereocenters. The highest BCUT2D eigenvalue weighted by atomic mass is 19.4. The van der Waals surface area contributed by atoms with E-state index in [2.05, 4.69) is 0 Å². The Balaban J connectivity index is 2.58. The molecule has 0 aliphatic carbocycles. The van der Waals surface area contributed by atoms with Crippen LogP contribution in [0.5, 0.6) is 0 Å². The number of carbonyl (C=O) groups excluding carboxylic acids is 1. The van der Waals surface area contributed by atoms with Crippen LogP contribution >= 0.6 is 0 Å². The molecule has 1 unspecified atom stereocenters. The molecule has 1 heterocycles. The number of halogens is 3. The van der Waals surface area contributed by atoms with Gasteiger partial charge in [-0.05, 0) is 18.3 Å². The number of piperidine rings is 1. The molecule has 2 nitrogen and oxygen atoms in total. The van der Waals surface area contributed by atoms with Crippen LogP contribution in [-0.4, -0.2) is 30.1 Å². The maximum absolute atomic E-state index is 12.1. The molecule has 1 rings (SSSR count). The predicted molar refractivity (Wildman–Crippen MR) is 50.2 cm³/mol. The van der Waals surface area contributed by atoms with Crippen molar-refractivity contribution in [2.24, 2.45) is 11.8 Å². The third kappa shape index (κ3) is 3.72. The number of rotatable bonds is 2. The molecule has 0 N–H and O–H groups in total. The van der Waals surface area contributed by atoms with E-state index in [4.69, 9.17) is 0 Å². The minimum atomic E-state index is -4.28. The Hall–Kier alpha value is -0.740. The number of amides is 1. The lowest BCUT2D eigenvalue weighted by molar-refractivity contribution is -0.166. The van der Waals surface area contributed by atoms with Crippen molar-refractivity contribution in [3.63, 3.8) is 0 Å². The smallest absolute Gasteiger partial charge is 0.333 e. The van der Waals surface area contributed by atoms with E-state index in [1.165, 1.54) is 0 Å². The van der Waals surface area contributed by atoms with Crippen LogP contribution in [0, 0.1) is 11.8 Å². The third-order valence-electron chi connectivity index (χ3n) is 2.85. The van der Waals surface area contributed by atoms with Crippen LogP contribution in [0.15, 0.2) is 0 Å². The van der Waals surface area contributed by atoms with Crippen LogP contribution < -0.4 is 0 Å². The molecule has 1 saturated heterocycles. The summed E-state index contributed by atoms with van der Waals surface area (Å²) < 4.78 is 36.4. The van der Waals surface area contributed by atoms with Crippen LogP contribution in [0.3, 0.4) is 0 Å². The van der Waals surface area contributed by atoms with Gasteiger partial charge in [0.05, 0.1) is 0 Å². The van der Waals surface area contributed by atoms with Crippen LogP contribution in [0.4, 0.5) is 13.2 Å². The van der Waals surface area contributed by atoms with Gasteiger partial charge in [-0.25, -0.2) is 0 Å². The second-order valence-corrected chi connectivity index (χ2v) is 4.43. The molecule has 0 radical (unpaired) electrons. The predicted octanol–water partition coefficient (Wildman–Crippen LogP) is 2.44. The zero-order valence-electron chi connectivity index (χ0n) is 8.97. The summed E-state index contributed by atoms with van der Waals surface area (Å²) in [5, 5.41) is 0. The molecule has 0 spiro atoms. The second kappa shape index (κ2) is 4.41. The first-order valence-corrected chi connectivity index (χ1v) is 5.14. The van der Waals surface area contributed by atoms with Crippen molar-refractivity contribution in [2.75, 3.05) is 13.1 Å². The average Bonchev–Trinajstić information content (AvgIpc) is 2.06. The lowest BCUT2D eigenvalue weighted by atomic mass is 9.87. The van der Waals surface area contributed by atoms with Gasteiger partial charge in [-0.15, -0.1) is 0 Å². The van der Waals surface area contributed by atoms with Crippen molar-refractivity contribution in [1.29, 1.82) is 0 Å². The molecule has 1 aliphatic heterocycles. The van der Waals surface area contributed by atoms with Crippen LogP contribution in [0.25, 0.3) is 0 Å². The van der Waals surface area contributed by atoms with Gasteiger partial charge in [-0.1, -0.05) is 13.8 Å². The van der Waals surface area contributed by atoms with Crippen molar-refractivity contribution in [1.82, 2.24) is 4.90 Å². The van der Waals surface area contributed by atoms with E-state index >= 15 is 0 Å². The Labute approximate surface area is 87.4 Å². The summed E-state index contributed by atoms with van der Waals surface area (Å²) in [5.74, 6) is 0.156. The number of alkyl halides is 3. The summed E-state index contributed by atoms with van der Waals surface area (Å²) in [6.45, 7) is 3.10. The first-order valence-electron chi connectivity index (χ1n) is 5.14. The summed E-state index contributed by atoms with van der Waals surface area (Å²) in [4.78, 5) is 12.2. The lowest BCUT2D eigenvalue weighted by Crippen LogP contribution is -2.45. The maximum Gasteiger partial charge on any atom is 0.406 e. The molecule has 0 aromatic rings. The average molecular weight is 223 g/mol. The van der Waals surface area contributed by atoms with Crippen molar-refractivity contribution < 1.29 is 18.0 Å². The fraction of sp³-hybridized carbons (Fsp3) is 0.900. The summed E-state index contributed by atoms with van der Waals surface area (Å²) in [5.41, 5.74) is 0. The minimum Gasteiger partial charge on any atom is -0.333 e.